The zero-order chi connectivity index (χ0) is 39.8. The maximum absolute atomic E-state index is 13.1. The third-order valence-corrected chi connectivity index (χ3v) is 13.8. The smallest absolute Gasteiger partial charge is 0.311 e. The molecule has 1 fully saturated rings. The molecule has 5 rings (SSSR count). The molecule has 1 saturated carbocycles. The van der Waals surface area contributed by atoms with E-state index in [2.05, 4.69) is 69.0 Å². The summed E-state index contributed by atoms with van der Waals surface area (Å²) in [6, 6.07) is 16.4. The molecular weight excluding hydrogens is 723 g/mol. The van der Waals surface area contributed by atoms with E-state index >= 15 is 0 Å². The predicted molar refractivity (Wildman–Crippen MR) is 229 cm³/mol. The van der Waals surface area contributed by atoms with Gasteiger partial charge in [-0.05, 0) is 64.6 Å². The van der Waals surface area contributed by atoms with E-state index in [0.29, 0.717) is 64.1 Å². The number of pyridine rings is 1. The summed E-state index contributed by atoms with van der Waals surface area (Å²) in [5, 5.41) is 5.02. The Morgan fingerprint density at radius 2 is 1.49 bits per heavy atom. The zero-order valence-corrected chi connectivity index (χ0v) is 36.7. The van der Waals surface area contributed by atoms with Gasteiger partial charge >= 0.3 is 5.97 Å². The van der Waals surface area contributed by atoms with Crippen LogP contribution in [0.5, 0.6) is 0 Å². The van der Waals surface area contributed by atoms with E-state index < -0.39 is 21.6 Å². The summed E-state index contributed by atoms with van der Waals surface area (Å²) in [6.07, 6.45) is 6.69. The third kappa shape index (κ3) is 10.9. The van der Waals surface area contributed by atoms with E-state index in [9.17, 15) is 4.79 Å². The summed E-state index contributed by atoms with van der Waals surface area (Å²) in [7, 11) is -2.66. The van der Waals surface area contributed by atoms with Crippen molar-refractivity contribution in [1.82, 2.24) is 19.6 Å². The molecule has 1 aliphatic rings. The Bertz CT molecular complexity index is 1860. The SMILES string of the molecule is C=C(OCC)c1c(C2CCC(C)(C(=O)OCC)CC2)nc2c(-c3ccc(-c4ccccc4)nc3)cnn2c1N(COCC[Si](C)(C)C)COCC[Si](C)(C)C. The second-order valence-electron chi connectivity index (χ2n) is 17.4. The first-order chi connectivity index (χ1) is 26.1. The summed E-state index contributed by atoms with van der Waals surface area (Å²) in [5.41, 5.74) is 5.60. The number of carbonyl (C=O) groups is 1. The highest BCUT2D eigenvalue weighted by atomic mass is 28.3. The molecule has 298 valence electrons. The van der Waals surface area contributed by atoms with Crippen molar-refractivity contribution in [2.75, 3.05) is 44.8 Å². The Morgan fingerprint density at radius 3 is 2.04 bits per heavy atom. The topological polar surface area (TPSA) is 100 Å². The number of nitrogens with zero attached hydrogens (tertiary/aromatic N) is 5. The van der Waals surface area contributed by atoms with Crippen LogP contribution in [0.3, 0.4) is 0 Å². The number of hydrogen-bond acceptors (Lipinski definition) is 9. The van der Waals surface area contributed by atoms with E-state index in [1.54, 1.807) is 0 Å². The van der Waals surface area contributed by atoms with Crippen molar-refractivity contribution in [2.24, 2.45) is 5.41 Å². The fraction of sp³-hybridized carbons (Fsp3) is 0.535. The van der Waals surface area contributed by atoms with Crippen LogP contribution < -0.4 is 4.90 Å². The standard InChI is InChI=1S/C43H63N5O5Si2/c1-11-52-32(3)38-39(34-20-22-43(4,23-21-34)42(49)53-12-2)46-40-36(35-18-19-37(44-28-35)33-16-14-13-15-17-33)29-45-48(40)41(38)47(30-50-24-26-54(5,6)7)31-51-25-27-55(8,9)10/h13-19,28-29,34H,3,11-12,20-27,30-31H2,1-2,4-10H3. The first-order valence-electron chi connectivity index (χ1n) is 20.0. The van der Waals surface area contributed by atoms with Gasteiger partial charge in [0.25, 0.3) is 0 Å². The largest absolute Gasteiger partial charge is 0.494 e. The molecule has 0 aliphatic heterocycles. The van der Waals surface area contributed by atoms with Crippen molar-refractivity contribution >= 4 is 39.3 Å². The molecule has 4 aromatic rings. The van der Waals surface area contributed by atoms with Gasteiger partial charge in [-0.15, -0.1) is 0 Å². The van der Waals surface area contributed by atoms with Crippen LogP contribution in [-0.2, 0) is 23.7 Å². The summed E-state index contributed by atoms with van der Waals surface area (Å²) in [5.74, 6) is 1.22. The van der Waals surface area contributed by atoms with Crippen molar-refractivity contribution in [2.45, 2.75) is 104 Å². The van der Waals surface area contributed by atoms with Crippen LogP contribution in [0.2, 0.25) is 51.4 Å². The normalized spacial score (nSPS) is 17.7. The predicted octanol–water partition coefficient (Wildman–Crippen LogP) is 10.1. The lowest BCUT2D eigenvalue weighted by molar-refractivity contribution is -0.156. The minimum atomic E-state index is -1.33. The first kappa shape index (κ1) is 42.3. The third-order valence-electron chi connectivity index (χ3n) is 10.4. The molecule has 0 spiro atoms. The molecule has 3 aromatic heterocycles. The molecule has 3 heterocycles. The van der Waals surface area contributed by atoms with Crippen molar-refractivity contribution in [3.8, 4) is 22.4 Å². The number of ether oxygens (including phenoxy) is 4. The van der Waals surface area contributed by atoms with Gasteiger partial charge in [0.1, 0.15) is 25.0 Å². The number of aromatic nitrogens is 4. The highest BCUT2D eigenvalue weighted by molar-refractivity contribution is 6.76. The average molecular weight is 786 g/mol. The van der Waals surface area contributed by atoms with Crippen molar-refractivity contribution < 1.29 is 23.7 Å². The van der Waals surface area contributed by atoms with Crippen LogP contribution in [0.1, 0.15) is 63.6 Å². The molecule has 1 aliphatic carbocycles. The molecule has 0 atom stereocenters. The van der Waals surface area contributed by atoms with E-state index in [-0.39, 0.29) is 11.9 Å². The van der Waals surface area contributed by atoms with Crippen LogP contribution in [-0.4, -0.2) is 81.6 Å². The van der Waals surface area contributed by atoms with Gasteiger partial charge in [0.2, 0.25) is 0 Å². The number of esters is 1. The van der Waals surface area contributed by atoms with Gasteiger partial charge in [-0.3, -0.25) is 9.78 Å². The minimum absolute atomic E-state index is 0.0438. The second-order valence-corrected chi connectivity index (χ2v) is 28.7. The second kappa shape index (κ2) is 18.4. The Labute approximate surface area is 330 Å². The molecule has 12 heteroatoms. The van der Waals surface area contributed by atoms with E-state index in [4.69, 9.17) is 34.0 Å². The highest BCUT2D eigenvalue weighted by Gasteiger charge is 2.41. The molecule has 1 aromatic carbocycles. The van der Waals surface area contributed by atoms with Gasteiger partial charge in [0.15, 0.2) is 5.65 Å². The van der Waals surface area contributed by atoms with Crippen LogP contribution in [0.25, 0.3) is 33.8 Å². The molecular formula is C43H63N5O5Si2. The number of hydrogen-bond donors (Lipinski definition) is 0. The number of benzene rings is 1. The zero-order valence-electron chi connectivity index (χ0n) is 34.7. The fourth-order valence-corrected chi connectivity index (χ4v) is 8.45. The molecule has 0 N–H and O–H groups in total. The van der Waals surface area contributed by atoms with Crippen molar-refractivity contribution in [3.63, 3.8) is 0 Å². The summed E-state index contributed by atoms with van der Waals surface area (Å²) >= 11 is 0. The van der Waals surface area contributed by atoms with Gasteiger partial charge < -0.3 is 23.8 Å². The van der Waals surface area contributed by atoms with Gasteiger partial charge in [-0.1, -0.05) is 82.3 Å². The highest BCUT2D eigenvalue weighted by Crippen LogP contribution is 2.47. The molecule has 10 nitrogen and oxygen atoms in total. The average Bonchev–Trinajstić information content (AvgIpc) is 3.57. The van der Waals surface area contributed by atoms with Crippen LogP contribution in [0, 0.1) is 5.41 Å². The molecule has 0 unspecified atom stereocenters. The van der Waals surface area contributed by atoms with E-state index in [1.807, 2.05) is 61.9 Å². The molecule has 0 radical (unpaired) electrons. The van der Waals surface area contributed by atoms with Crippen molar-refractivity contribution in [3.05, 3.63) is 72.7 Å². The van der Waals surface area contributed by atoms with Crippen LogP contribution in [0.15, 0.2) is 61.4 Å². The monoisotopic (exact) mass is 785 g/mol. The fourth-order valence-electron chi connectivity index (χ4n) is 6.94. The summed E-state index contributed by atoms with van der Waals surface area (Å²) in [6.45, 7) is 27.2. The Balaban J connectivity index is 1.66. The molecule has 55 heavy (non-hydrogen) atoms. The van der Waals surface area contributed by atoms with Crippen molar-refractivity contribution in [1.29, 1.82) is 0 Å². The Kier molecular flexibility index (Phi) is 14.2. The van der Waals surface area contributed by atoms with E-state index in [0.717, 1.165) is 64.4 Å². The van der Waals surface area contributed by atoms with Gasteiger partial charge in [0.05, 0.1) is 41.8 Å². The Hall–Kier alpha value is -3.85. The van der Waals surface area contributed by atoms with E-state index in [1.165, 1.54) is 0 Å². The molecule has 0 bridgehead atoms. The van der Waals surface area contributed by atoms with Crippen LogP contribution >= 0.6 is 0 Å². The quantitative estimate of drug-likeness (QED) is 0.0302. The lowest BCUT2D eigenvalue weighted by Gasteiger charge is -2.36. The molecule has 0 amide bonds. The number of rotatable bonds is 19. The van der Waals surface area contributed by atoms with Gasteiger partial charge in [0, 0.05) is 58.2 Å². The lowest BCUT2D eigenvalue weighted by atomic mass is 9.70. The van der Waals surface area contributed by atoms with Gasteiger partial charge in [-0.2, -0.15) is 9.61 Å². The first-order valence-corrected chi connectivity index (χ1v) is 27.4. The maximum Gasteiger partial charge on any atom is 0.311 e. The number of carbonyl (C=O) groups excluding carboxylic acids is 1. The number of fused-ring (bicyclic) bond motifs is 1. The minimum Gasteiger partial charge on any atom is -0.494 e. The summed E-state index contributed by atoms with van der Waals surface area (Å²) in [4.78, 5) is 25.5. The lowest BCUT2D eigenvalue weighted by Crippen LogP contribution is -2.36. The van der Waals surface area contributed by atoms with Gasteiger partial charge in [-0.25, -0.2) is 4.98 Å². The number of anilines is 1. The molecule has 0 saturated heterocycles. The maximum atomic E-state index is 13.1. The van der Waals surface area contributed by atoms with Crippen LogP contribution in [0.4, 0.5) is 5.82 Å². The Morgan fingerprint density at radius 1 is 0.873 bits per heavy atom. The summed E-state index contributed by atoms with van der Waals surface area (Å²) < 4.78 is 26.6.